The second kappa shape index (κ2) is 7.18. The first kappa shape index (κ1) is 17.5. The summed E-state index contributed by atoms with van der Waals surface area (Å²) in [5.41, 5.74) is -1.39. The van der Waals surface area contributed by atoms with E-state index >= 15 is 0 Å². The van der Waals surface area contributed by atoms with Crippen molar-refractivity contribution in [2.75, 3.05) is 0 Å². The molecule has 0 spiro atoms. The van der Waals surface area contributed by atoms with E-state index in [0.29, 0.717) is 17.8 Å². The van der Waals surface area contributed by atoms with Crippen LogP contribution in [0.2, 0.25) is 0 Å². The summed E-state index contributed by atoms with van der Waals surface area (Å²) in [7, 11) is 0. The fourth-order valence-corrected chi connectivity index (χ4v) is 2.58. The molecule has 0 unspecified atom stereocenters. The summed E-state index contributed by atoms with van der Waals surface area (Å²) in [5, 5.41) is 24.7. The summed E-state index contributed by atoms with van der Waals surface area (Å²) in [4.78, 5) is 24.8. The predicted octanol–water partition coefficient (Wildman–Crippen LogP) is 2.45. The Morgan fingerprint density at radius 3 is 2.67 bits per heavy atom. The number of carbonyl (C=O) groups excluding carboxylic acids is 1. The van der Waals surface area contributed by atoms with Crippen molar-refractivity contribution in [3.05, 3.63) is 63.1 Å². The maximum atomic E-state index is 13.6. The molecule has 0 radical (unpaired) electrons. The van der Waals surface area contributed by atoms with Crippen molar-refractivity contribution in [1.82, 2.24) is 4.98 Å². The average Bonchev–Trinajstić information content (AvgIpc) is 2.52. The zero-order valence-corrected chi connectivity index (χ0v) is 12.8. The fourth-order valence-electron chi connectivity index (χ4n) is 1.84. The lowest BCUT2D eigenvalue weighted by atomic mass is 10.1. The summed E-state index contributed by atoms with van der Waals surface area (Å²) in [5.74, 6) is -2.36. The van der Waals surface area contributed by atoms with E-state index in [4.69, 9.17) is 10.8 Å². The molecule has 0 amide bonds. The van der Waals surface area contributed by atoms with Crippen molar-refractivity contribution in [2.24, 2.45) is 0 Å². The number of thioether (sulfide) groups is 1. The third-order valence-corrected chi connectivity index (χ3v) is 3.86. The molecule has 1 aromatic heterocycles. The SMILES string of the molecule is N=C(Cc1ccc(F)cc1F)SC(=N)c1c[nH]c(C=O)c(O)c1=O. The Balaban J connectivity index is 2.15. The zero-order valence-electron chi connectivity index (χ0n) is 12.0. The Morgan fingerprint density at radius 1 is 1.33 bits per heavy atom. The molecule has 4 N–H and O–H groups in total. The number of pyridine rings is 1. The standard InChI is InChI=1S/C15H11F2N3O3S/c16-8-2-1-7(10(17)4-8)3-12(18)24-15(19)9-5-20-11(6-21)14(23)13(9)22/h1-2,4-6,18-19,23H,3H2,(H,20,22). The highest BCUT2D eigenvalue weighted by Gasteiger charge is 2.16. The third kappa shape index (κ3) is 3.74. The lowest BCUT2D eigenvalue weighted by Crippen LogP contribution is -2.16. The summed E-state index contributed by atoms with van der Waals surface area (Å²) in [6.07, 6.45) is 1.15. The number of nitrogens with one attached hydrogen (secondary N) is 3. The number of rotatable bonds is 4. The number of H-pyrrole nitrogens is 1. The van der Waals surface area contributed by atoms with Crippen LogP contribution in [-0.4, -0.2) is 26.5 Å². The number of aromatic nitrogens is 1. The molecule has 0 aliphatic rings. The first-order valence-corrected chi connectivity index (χ1v) is 7.33. The molecule has 0 saturated carbocycles. The zero-order chi connectivity index (χ0) is 17.9. The van der Waals surface area contributed by atoms with Gasteiger partial charge in [-0.2, -0.15) is 0 Å². The molecule has 24 heavy (non-hydrogen) atoms. The molecule has 0 aliphatic carbocycles. The third-order valence-electron chi connectivity index (χ3n) is 3.04. The number of hydrogen-bond donors (Lipinski definition) is 4. The monoisotopic (exact) mass is 351 g/mol. The van der Waals surface area contributed by atoms with Crippen molar-refractivity contribution in [3.8, 4) is 5.75 Å². The van der Waals surface area contributed by atoms with Crippen LogP contribution in [-0.2, 0) is 6.42 Å². The smallest absolute Gasteiger partial charge is 0.233 e. The van der Waals surface area contributed by atoms with Crippen LogP contribution in [0.4, 0.5) is 8.78 Å². The predicted molar refractivity (Wildman–Crippen MR) is 86.3 cm³/mol. The van der Waals surface area contributed by atoms with Crippen LogP contribution >= 0.6 is 11.8 Å². The molecule has 0 aliphatic heterocycles. The van der Waals surface area contributed by atoms with E-state index in [0.717, 1.165) is 12.3 Å². The number of benzene rings is 1. The van der Waals surface area contributed by atoms with Crippen LogP contribution in [0.15, 0.2) is 29.2 Å². The molecule has 2 aromatic rings. The molecule has 0 fully saturated rings. The Morgan fingerprint density at radius 2 is 2.04 bits per heavy atom. The van der Waals surface area contributed by atoms with Gasteiger partial charge >= 0.3 is 0 Å². The second-order valence-electron chi connectivity index (χ2n) is 4.68. The van der Waals surface area contributed by atoms with Crippen molar-refractivity contribution < 1.29 is 18.7 Å². The van der Waals surface area contributed by atoms with E-state index in [1.807, 2.05) is 0 Å². The maximum Gasteiger partial charge on any atom is 0.233 e. The highest BCUT2D eigenvalue weighted by Crippen LogP contribution is 2.18. The molecule has 0 bridgehead atoms. The summed E-state index contributed by atoms with van der Waals surface area (Å²) in [6, 6.07) is 2.95. The summed E-state index contributed by atoms with van der Waals surface area (Å²) < 4.78 is 26.4. The Hall–Kier alpha value is -2.81. The normalized spacial score (nSPS) is 10.4. The number of halogens is 2. The molecule has 1 aromatic carbocycles. The van der Waals surface area contributed by atoms with Gasteiger partial charge in [0.05, 0.1) is 10.6 Å². The van der Waals surface area contributed by atoms with E-state index in [2.05, 4.69) is 4.98 Å². The van der Waals surface area contributed by atoms with Gasteiger partial charge in [-0.1, -0.05) is 17.8 Å². The second-order valence-corrected chi connectivity index (χ2v) is 5.78. The van der Waals surface area contributed by atoms with E-state index in [1.54, 1.807) is 0 Å². The highest BCUT2D eigenvalue weighted by atomic mass is 32.2. The number of hydrogen-bond acceptors (Lipinski definition) is 6. The number of aromatic hydroxyl groups is 1. The van der Waals surface area contributed by atoms with Gasteiger partial charge in [-0.15, -0.1) is 0 Å². The van der Waals surface area contributed by atoms with Gasteiger partial charge in [-0.25, -0.2) is 8.78 Å². The van der Waals surface area contributed by atoms with Crippen molar-refractivity contribution in [1.29, 1.82) is 10.8 Å². The maximum absolute atomic E-state index is 13.6. The van der Waals surface area contributed by atoms with Crippen LogP contribution in [0.1, 0.15) is 21.6 Å². The Kier molecular flexibility index (Phi) is 5.24. The number of carbonyl (C=O) groups is 1. The van der Waals surface area contributed by atoms with Gasteiger partial charge < -0.3 is 10.1 Å². The van der Waals surface area contributed by atoms with Crippen molar-refractivity contribution in [3.63, 3.8) is 0 Å². The van der Waals surface area contributed by atoms with Crippen molar-refractivity contribution in [2.45, 2.75) is 6.42 Å². The molecule has 124 valence electrons. The topological polar surface area (TPSA) is 118 Å². The quantitative estimate of drug-likeness (QED) is 0.384. The Bertz CT molecular complexity index is 896. The largest absolute Gasteiger partial charge is 0.503 e. The number of aromatic amines is 1. The first-order valence-electron chi connectivity index (χ1n) is 6.51. The minimum atomic E-state index is -0.922. The molecule has 0 saturated heterocycles. The van der Waals surface area contributed by atoms with Crippen LogP contribution in [0.3, 0.4) is 0 Å². The van der Waals surface area contributed by atoms with E-state index in [-0.39, 0.29) is 39.6 Å². The number of aldehydes is 1. The first-order chi connectivity index (χ1) is 11.3. The van der Waals surface area contributed by atoms with Crippen LogP contribution in [0.25, 0.3) is 0 Å². The molecule has 2 rings (SSSR count). The van der Waals surface area contributed by atoms with Gasteiger partial charge in [0.1, 0.15) is 22.4 Å². The molecule has 1 heterocycles. The minimum absolute atomic E-state index is 0.0785. The van der Waals surface area contributed by atoms with E-state index < -0.39 is 22.8 Å². The van der Waals surface area contributed by atoms with E-state index in [1.165, 1.54) is 6.07 Å². The summed E-state index contributed by atoms with van der Waals surface area (Å²) in [6.45, 7) is 0. The van der Waals surface area contributed by atoms with Crippen LogP contribution in [0.5, 0.6) is 5.75 Å². The van der Waals surface area contributed by atoms with Crippen LogP contribution in [0, 0.1) is 22.5 Å². The Labute approximate surface area is 138 Å². The van der Waals surface area contributed by atoms with E-state index in [9.17, 15) is 23.5 Å². The lowest BCUT2D eigenvalue weighted by molar-refractivity contribution is 0.111. The highest BCUT2D eigenvalue weighted by molar-refractivity contribution is 8.26. The van der Waals surface area contributed by atoms with Gasteiger partial charge in [0.2, 0.25) is 5.43 Å². The van der Waals surface area contributed by atoms with Gasteiger partial charge in [0.25, 0.3) is 0 Å². The minimum Gasteiger partial charge on any atom is -0.503 e. The average molecular weight is 351 g/mol. The molecular weight excluding hydrogens is 340 g/mol. The van der Waals surface area contributed by atoms with Gasteiger partial charge in [-0.05, 0) is 11.6 Å². The fraction of sp³-hybridized carbons (Fsp3) is 0.0667. The summed E-state index contributed by atoms with van der Waals surface area (Å²) >= 11 is 0.584. The van der Waals surface area contributed by atoms with Gasteiger partial charge in [-0.3, -0.25) is 20.4 Å². The van der Waals surface area contributed by atoms with Crippen molar-refractivity contribution >= 4 is 28.1 Å². The van der Waals surface area contributed by atoms with Gasteiger partial charge in [0, 0.05) is 18.7 Å². The lowest BCUT2D eigenvalue weighted by Gasteiger charge is -2.07. The molecular formula is C15H11F2N3O3S. The van der Waals surface area contributed by atoms with Crippen LogP contribution < -0.4 is 5.43 Å². The molecule has 9 heteroatoms. The van der Waals surface area contributed by atoms with Gasteiger partial charge in [0.15, 0.2) is 12.0 Å². The molecule has 0 atom stereocenters. The molecule has 6 nitrogen and oxygen atoms in total.